The van der Waals surface area contributed by atoms with E-state index in [9.17, 15) is 4.79 Å². The van der Waals surface area contributed by atoms with Gasteiger partial charge in [-0.1, -0.05) is 51.9 Å². The fraction of sp³-hybridized carbons (Fsp3) is 0.941. The lowest BCUT2D eigenvalue weighted by Crippen LogP contribution is -2.48. The van der Waals surface area contributed by atoms with Crippen molar-refractivity contribution in [1.29, 1.82) is 0 Å². The molecule has 3 heteroatoms. The third-order valence-corrected chi connectivity index (χ3v) is 5.67. The molecule has 0 bridgehead atoms. The van der Waals surface area contributed by atoms with E-state index in [1.807, 2.05) is 0 Å². The Labute approximate surface area is 124 Å². The largest absolute Gasteiger partial charge is 0.355 e. The Balaban J connectivity index is 1.91. The molecule has 0 atom stereocenters. The van der Waals surface area contributed by atoms with Gasteiger partial charge in [-0.15, -0.1) is 0 Å². The molecule has 0 aromatic heterocycles. The van der Waals surface area contributed by atoms with E-state index in [2.05, 4.69) is 12.2 Å². The van der Waals surface area contributed by atoms with Gasteiger partial charge in [0, 0.05) is 13.1 Å². The molecule has 0 aliphatic heterocycles. The molecule has 3 nitrogen and oxygen atoms in total. The van der Waals surface area contributed by atoms with Crippen LogP contribution in [0.15, 0.2) is 0 Å². The number of carbonyl (C=O) groups is 1. The van der Waals surface area contributed by atoms with Gasteiger partial charge in [0.05, 0.1) is 5.41 Å². The van der Waals surface area contributed by atoms with Gasteiger partial charge in [0.25, 0.3) is 0 Å². The Morgan fingerprint density at radius 3 is 2.00 bits per heavy atom. The van der Waals surface area contributed by atoms with Gasteiger partial charge in [-0.25, -0.2) is 0 Å². The van der Waals surface area contributed by atoms with Crippen LogP contribution in [-0.2, 0) is 4.79 Å². The van der Waals surface area contributed by atoms with Gasteiger partial charge >= 0.3 is 0 Å². The molecule has 0 heterocycles. The summed E-state index contributed by atoms with van der Waals surface area (Å²) in [5.41, 5.74) is 6.03. The summed E-state index contributed by atoms with van der Waals surface area (Å²) in [6, 6.07) is 0. The zero-order chi connectivity index (χ0) is 14.5. The minimum Gasteiger partial charge on any atom is -0.355 e. The van der Waals surface area contributed by atoms with Gasteiger partial charge in [0.15, 0.2) is 0 Å². The lowest BCUT2D eigenvalue weighted by Gasteiger charge is -2.36. The first-order valence-electron chi connectivity index (χ1n) is 8.59. The zero-order valence-electron chi connectivity index (χ0n) is 13.2. The molecule has 0 spiro atoms. The Bertz CT molecular complexity index is 313. The van der Waals surface area contributed by atoms with Crippen molar-refractivity contribution in [3.05, 3.63) is 0 Å². The standard InChI is InChI=1S/C17H32N2O/c1-16(9-5-4-6-10-16)14-19-15(20)17(13-18)11-7-2-3-8-12-17/h2-14,18H2,1H3,(H,19,20). The van der Waals surface area contributed by atoms with E-state index in [4.69, 9.17) is 5.73 Å². The fourth-order valence-electron chi connectivity index (χ4n) is 3.99. The molecule has 0 saturated heterocycles. The summed E-state index contributed by atoms with van der Waals surface area (Å²) >= 11 is 0. The van der Waals surface area contributed by atoms with E-state index < -0.39 is 0 Å². The predicted octanol–water partition coefficient (Wildman–Crippen LogP) is 3.37. The van der Waals surface area contributed by atoms with Crippen molar-refractivity contribution >= 4 is 5.91 Å². The van der Waals surface area contributed by atoms with Crippen LogP contribution in [0.25, 0.3) is 0 Å². The second-order valence-corrected chi connectivity index (χ2v) is 7.45. The highest BCUT2D eigenvalue weighted by Crippen LogP contribution is 2.37. The SMILES string of the molecule is CC1(CNC(=O)C2(CN)CCCCCC2)CCCCC1. The van der Waals surface area contributed by atoms with E-state index in [0.717, 1.165) is 32.2 Å². The molecular formula is C17H32N2O. The van der Waals surface area contributed by atoms with Crippen LogP contribution >= 0.6 is 0 Å². The van der Waals surface area contributed by atoms with Crippen LogP contribution in [0.1, 0.15) is 77.6 Å². The van der Waals surface area contributed by atoms with Crippen LogP contribution in [0, 0.1) is 10.8 Å². The van der Waals surface area contributed by atoms with Crippen LogP contribution in [0.2, 0.25) is 0 Å². The van der Waals surface area contributed by atoms with Crippen molar-refractivity contribution in [2.45, 2.75) is 77.6 Å². The number of hydrogen-bond acceptors (Lipinski definition) is 2. The normalized spacial score (nSPS) is 25.7. The van der Waals surface area contributed by atoms with Gasteiger partial charge in [-0.05, 0) is 31.1 Å². The van der Waals surface area contributed by atoms with Crippen molar-refractivity contribution in [2.75, 3.05) is 13.1 Å². The van der Waals surface area contributed by atoms with Gasteiger partial charge in [-0.2, -0.15) is 0 Å². The molecule has 2 aliphatic carbocycles. The second-order valence-electron chi connectivity index (χ2n) is 7.45. The second kappa shape index (κ2) is 6.93. The summed E-state index contributed by atoms with van der Waals surface area (Å²) in [5, 5.41) is 3.26. The summed E-state index contributed by atoms with van der Waals surface area (Å²) in [7, 11) is 0. The third-order valence-electron chi connectivity index (χ3n) is 5.67. The Hall–Kier alpha value is -0.570. The molecule has 0 unspecified atom stereocenters. The van der Waals surface area contributed by atoms with Crippen LogP contribution < -0.4 is 11.1 Å². The number of nitrogens with two attached hydrogens (primary N) is 1. The first kappa shape index (κ1) is 15.8. The van der Waals surface area contributed by atoms with Crippen LogP contribution in [-0.4, -0.2) is 19.0 Å². The van der Waals surface area contributed by atoms with Crippen LogP contribution in [0.4, 0.5) is 0 Å². The molecule has 116 valence electrons. The van der Waals surface area contributed by atoms with Crippen molar-refractivity contribution in [3.8, 4) is 0 Å². The predicted molar refractivity (Wildman–Crippen MR) is 83.4 cm³/mol. The van der Waals surface area contributed by atoms with Crippen molar-refractivity contribution in [1.82, 2.24) is 5.32 Å². The maximum atomic E-state index is 12.7. The van der Waals surface area contributed by atoms with E-state index in [0.29, 0.717) is 12.0 Å². The molecule has 2 fully saturated rings. The molecule has 2 saturated carbocycles. The van der Waals surface area contributed by atoms with E-state index in [-0.39, 0.29) is 11.3 Å². The molecule has 1 amide bonds. The van der Waals surface area contributed by atoms with Crippen LogP contribution in [0.5, 0.6) is 0 Å². The summed E-state index contributed by atoms with van der Waals surface area (Å²) in [4.78, 5) is 12.7. The van der Waals surface area contributed by atoms with Crippen LogP contribution in [0.3, 0.4) is 0 Å². The monoisotopic (exact) mass is 280 g/mol. The molecule has 2 rings (SSSR count). The minimum absolute atomic E-state index is 0.230. The third kappa shape index (κ3) is 3.75. The molecule has 0 radical (unpaired) electrons. The maximum absolute atomic E-state index is 12.7. The molecule has 20 heavy (non-hydrogen) atoms. The van der Waals surface area contributed by atoms with E-state index >= 15 is 0 Å². The lowest BCUT2D eigenvalue weighted by atomic mass is 9.75. The molecule has 3 N–H and O–H groups in total. The molecule has 0 aromatic carbocycles. The highest BCUT2D eigenvalue weighted by molar-refractivity contribution is 5.83. The van der Waals surface area contributed by atoms with E-state index in [1.165, 1.54) is 44.9 Å². The summed E-state index contributed by atoms with van der Waals surface area (Å²) in [5.74, 6) is 0.230. The number of nitrogens with one attached hydrogen (secondary N) is 1. The Kier molecular flexibility index (Phi) is 5.48. The lowest BCUT2D eigenvalue weighted by molar-refractivity contribution is -0.132. The molecular weight excluding hydrogens is 248 g/mol. The highest BCUT2D eigenvalue weighted by Gasteiger charge is 2.38. The zero-order valence-corrected chi connectivity index (χ0v) is 13.2. The smallest absolute Gasteiger partial charge is 0.227 e. The van der Waals surface area contributed by atoms with Crippen molar-refractivity contribution < 1.29 is 4.79 Å². The Morgan fingerprint density at radius 2 is 1.45 bits per heavy atom. The fourth-order valence-corrected chi connectivity index (χ4v) is 3.99. The summed E-state index contributed by atoms with van der Waals surface area (Å²) < 4.78 is 0. The quantitative estimate of drug-likeness (QED) is 0.776. The summed E-state index contributed by atoms with van der Waals surface area (Å²) in [6.07, 6.45) is 13.3. The first-order valence-corrected chi connectivity index (χ1v) is 8.59. The number of hydrogen-bond donors (Lipinski definition) is 2. The number of rotatable bonds is 4. The first-order chi connectivity index (χ1) is 9.60. The van der Waals surface area contributed by atoms with Gasteiger partial charge in [-0.3, -0.25) is 4.79 Å². The average Bonchev–Trinajstić information content (AvgIpc) is 2.72. The number of carbonyl (C=O) groups excluding carboxylic acids is 1. The van der Waals surface area contributed by atoms with Crippen molar-refractivity contribution in [3.63, 3.8) is 0 Å². The van der Waals surface area contributed by atoms with Gasteiger partial charge in [0.1, 0.15) is 0 Å². The van der Waals surface area contributed by atoms with Crippen molar-refractivity contribution in [2.24, 2.45) is 16.6 Å². The highest BCUT2D eigenvalue weighted by atomic mass is 16.2. The number of amides is 1. The van der Waals surface area contributed by atoms with E-state index in [1.54, 1.807) is 0 Å². The Morgan fingerprint density at radius 1 is 0.950 bits per heavy atom. The average molecular weight is 280 g/mol. The van der Waals surface area contributed by atoms with Gasteiger partial charge < -0.3 is 11.1 Å². The minimum atomic E-state index is -0.276. The molecule has 0 aromatic rings. The molecule has 2 aliphatic rings. The van der Waals surface area contributed by atoms with Gasteiger partial charge in [0.2, 0.25) is 5.91 Å². The topological polar surface area (TPSA) is 55.1 Å². The maximum Gasteiger partial charge on any atom is 0.227 e. The summed E-state index contributed by atoms with van der Waals surface area (Å²) in [6.45, 7) is 3.68.